The molecule has 0 radical (unpaired) electrons. The Labute approximate surface area is 86.2 Å². The number of carbonyl (C=O) groups is 1. The monoisotopic (exact) mass is 211 g/mol. The van der Waals surface area contributed by atoms with Crippen LogP contribution in [-0.2, 0) is 10.7 Å². The smallest absolute Gasteiger partial charge is 0.282 e. The molecule has 0 saturated heterocycles. The highest BCUT2D eigenvalue weighted by Crippen LogP contribution is 2.12. The fourth-order valence-corrected chi connectivity index (χ4v) is 1.39. The Morgan fingerprint density at radius 2 is 1.86 bits per heavy atom. The number of hydrogen-bond acceptors (Lipinski definition) is 2. The number of ether oxygens (including phenoxy) is 1. The average Bonchev–Trinajstić information content (AvgIpc) is 2.17. The highest BCUT2D eigenvalue weighted by molar-refractivity contribution is 7.86. The molecule has 0 saturated carbocycles. The summed E-state index contributed by atoms with van der Waals surface area (Å²) in [4.78, 5) is 11.5. The fraction of sp³-hybridized carbons (Fsp3) is 0.300. The molecule has 0 spiro atoms. The standard InChI is InChI=1S/C10H13NO2S/c1-13-9-6-4-8(5-7-9)10(12)11-14(2)3/h4-7H,1-3H3. The lowest BCUT2D eigenvalue weighted by atomic mass is 10.2. The van der Waals surface area contributed by atoms with E-state index in [9.17, 15) is 4.79 Å². The molecule has 76 valence electrons. The van der Waals surface area contributed by atoms with Gasteiger partial charge in [0.05, 0.1) is 7.11 Å². The zero-order chi connectivity index (χ0) is 10.6. The third-order valence-electron chi connectivity index (χ3n) is 1.60. The van der Waals surface area contributed by atoms with Crippen molar-refractivity contribution in [2.75, 3.05) is 19.6 Å². The molecule has 4 heteroatoms. The Hall–Kier alpha value is -1.16. The van der Waals surface area contributed by atoms with Gasteiger partial charge in [0.25, 0.3) is 5.91 Å². The predicted molar refractivity (Wildman–Crippen MR) is 59.0 cm³/mol. The average molecular weight is 211 g/mol. The van der Waals surface area contributed by atoms with Crippen molar-refractivity contribution in [2.24, 2.45) is 4.36 Å². The van der Waals surface area contributed by atoms with E-state index in [4.69, 9.17) is 4.74 Å². The van der Waals surface area contributed by atoms with Crippen molar-refractivity contribution >= 4 is 16.6 Å². The second-order valence-electron chi connectivity index (χ2n) is 2.90. The van der Waals surface area contributed by atoms with Crippen LogP contribution in [0, 0.1) is 0 Å². The van der Waals surface area contributed by atoms with E-state index < -0.39 is 0 Å². The first kappa shape index (κ1) is 10.9. The lowest BCUT2D eigenvalue weighted by molar-refractivity contribution is 0.101. The molecular weight excluding hydrogens is 198 g/mol. The summed E-state index contributed by atoms with van der Waals surface area (Å²) in [7, 11) is 1.38. The van der Waals surface area contributed by atoms with Crippen molar-refractivity contribution < 1.29 is 9.53 Å². The van der Waals surface area contributed by atoms with Gasteiger partial charge in [-0.05, 0) is 36.8 Å². The summed E-state index contributed by atoms with van der Waals surface area (Å²) in [6.07, 6.45) is 3.81. The molecule has 0 bridgehead atoms. The number of benzene rings is 1. The Balaban J connectivity index is 2.87. The Bertz CT molecular complexity index is 353. The van der Waals surface area contributed by atoms with Crippen molar-refractivity contribution in [3.8, 4) is 5.75 Å². The Morgan fingerprint density at radius 3 is 2.29 bits per heavy atom. The molecule has 0 aliphatic heterocycles. The number of methoxy groups -OCH3 is 1. The number of hydrogen-bond donors (Lipinski definition) is 0. The maximum Gasteiger partial charge on any atom is 0.282 e. The molecule has 0 atom stereocenters. The van der Waals surface area contributed by atoms with Crippen LogP contribution in [0.2, 0.25) is 0 Å². The lowest BCUT2D eigenvalue weighted by Gasteiger charge is -1.99. The third-order valence-corrected chi connectivity index (χ3v) is 2.13. The van der Waals surface area contributed by atoms with Gasteiger partial charge in [-0.1, -0.05) is 10.7 Å². The van der Waals surface area contributed by atoms with E-state index in [1.54, 1.807) is 31.4 Å². The van der Waals surface area contributed by atoms with Gasteiger partial charge in [0.2, 0.25) is 0 Å². The van der Waals surface area contributed by atoms with Gasteiger partial charge in [-0.25, -0.2) is 0 Å². The number of amides is 1. The van der Waals surface area contributed by atoms with Crippen LogP contribution < -0.4 is 4.74 Å². The quantitative estimate of drug-likeness (QED) is 0.749. The van der Waals surface area contributed by atoms with E-state index in [0.29, 0.717) is 5.56 Å². The molecule has 0 aromatic heterocycles. The van der Waals surface area contributed by atoms with Crippen molar-refractivity contribution in [3.63, 3.8) is 0 Å². The van der Waals surface area contributed by atoms with Crippen LogP contribution >= 0.6 is 0 Å². The molecule has 1 amide bonds. The van der Waals surface area contributed by atoms with Crippen LogP contribution in [0.4, 0.5) is 0 Å². The lowest BCUT2D eigenvalue weighted by Crippen LogP contribution is -1.96. The maximum atomic E-state index is 11.5. The Morgan fingerprint density at radius 1 is 1.29 bits per heavy atom. The highest BCUT2D eigenvalue weighted by Gasteiger charge is 2.02. The molecule has 1 rings (SSSR count). The van der Waals surface area contributed by atoms with Gasteiger partial charge in [0, 0.05) is 5.56 Å². The number of carbonyl (C=O) groups excluding carboxylic acids is 1. The summed E-state index contributed by atoms with van der Waals surface area (Å²) >= 11 is 0. The van der Waals surface area contributed by atoms with Crippen LogP contribution in [0.15, 0.2) is 28.6 Å². The molecule has 3 nitrogen and oxygen atoms in total. The minimum absolute atomic E-state index is 0.166. The first-order valence-corrected chi connectivity index (χ1v) is 6.11. The summed E-state index contributed by atoms with van der Waals surface area (Å²) < 4.78 is 8.94. The largest absolute Gasteiger partial charge is 0.497 e. The normalized spacial score (nSPS) is 10.0. The van der Waals surface area contributed by atoms with Crippen molar-refractivity contribution in [3.05, 3.63) is 29.8 Å². The molecule has 0 fully saturated rings. The number of nitrogens with zero attached hydrogens (tertiary/aromatic N) is 1. The van der Waals surface area contributed by atoms with Gasteiger partial charge < -0.3 is 4.74 Å². The summed E-state index contributed by atoms with van der Waals surface area (Å²) in [6, 6.07) is 6.95. The van der Waals surface area contributed by atoms with Crippen LogP contribution in [0.1, 0.15) is 10.4 Å². The molecule has 14 heavy (non-hydrogen) atoms. The van der Waals surface area contributed by atoms with Crippen LogP contribution in [-0.4, -0.2) is 25.5 Å². The van der Waals surface area contributed by atoms with Crippen LogP contribution in [0.3, 0.4) is 0 Å². The van der Waals surface area contributed by atoms with Gasteiger partial charge >= 0.3 is 0 Å². The molecule has 0 unspecified atom stereocenters. The number of rotatable bonds is 2. The minimum Gasteiger partial charge on any atom is -0.497 e. The molecule has 0 aliphatic carbocycles. The molecule has 0 N–H and O–H groups in total. The fourth-order valence-electron chi connectivity index (χ4n) is 0.952. The molecule has 1 aromatic rings. The Kier molecular flexibility index (Phi) is 3.83. The van der Waals surface area contributed by atoms with Crippen molar-refractivity contribution in [2.45, 2.75) is 0 Å². The van der Waals surface area contributed by atoms with Gasteiger partial charge in [-0.2, -0.15) is 4.36 Å². The molecule has 0 heterocycles. The van der Waals surface area contributed by atoms with Gasteiger partial charge in [-0.15, -0.1) is 0 Å². The van der Waals surface area contributed by atoms with Crippen molar-refractivity contribution in [1.82, 2.24) is 0 Å². The first-order chi connectivity index (χ1) is 6.63. The van der Waals surface area contributed by atoms with E-state index in [-0.39, 0.29) is 16.6 Å². The third kappa shape index (κ3) is 2.96. The summed E-state index contributed by atoms with van der Waals surface area (Å²) in [5.41, 5.74) is 0.604. The van der Waals surface area contributed by atoms with Gasteiger partial charge in [0.1, 0.15) is 5.75 Å². The van der Waals surface area contributed by atoms with E-state index in [1.165, 1.54) is 0 Å². The zero-order valence-corrected chi connectivity index (χ0v) is 9.30. The van der Waals surface area contributed by atoms with Crippen LogP contribution in [0.5, 0.6) is 5.75 Å². The minimum atomic E-state index is -0.209. The van der Waals surface area contributed by atoms with Crippen molar-refractivity contribution in [1.29, 1.82) is 0 Å². The van der Waals surface area contributed by atoms with E-state index in [0.717, 1.165) is 5.75 Å². The maximum absolute atomic E-state index is 11.5. The topological polar surface area (TPSA) is 38.7 Å². The van der Waals surface area contributed by atoms with Gasteiger partial charge in [0.15, 0.2) is 0 Å². The van der Waals surface area contributed by atoms with Crippen LogP contribution in [0.25, 0.3) is 0 Å². The van der Waals surface area contributed by atoms with E-state index >= 15 is 0 Å². The summed E-state index contributed by atoms with van der Waals surface area (Å²) in [6.45, 7) is 0. The van der Waals surface area contributed by atoms with E-state index in [2.05, 4.69) is 4.36 Å². The first-order valence-electron chi connectivity index (χ1n) is 4.11. The van der Waals surface area contributed by atoms with E-state index in [1.807, 2.05) is 12.5 Å². The SMILES string of the molecule is COc1ccc(C(=O)N=S(C)C)cc1. The molecule has 1 aromatic carbocycles. The predicted octanol–water partition coefficient (Wildman–Crippen LogP) is 1.90. The second kappa shape index (κ2) is 4.91. The molecular formula is C10H13NO2S. The molecule has 0 aliphatic rings. The summed E-state index contributed by atoms with van der Waals surface area (Å²) in [5, 5.41) is 0. The highest BCUT2D eigenvalue weighted by atomic mass is 32.2. The zero-order valence-electron chi connectivity index (χ0n) is 8.48. The second-order valence-corrected chi connectivity index (χ2v) is 4.63. The summed E-state index contributed by atoms with van der Waals surface area (Å²) in [5.74, 6) is 0.578. The van der Waals surface area contributed by atoms with Gasteiger partial charge in [-0.3, -0.25) is 4.79 Å².